The highest BCUT2D eigenvalue weighted by Gasteiger charge is 2.26. The molecule has 2 aromatic rings. The van der Waals surface area contributed by atoms with Crippen molar-refractivity contribution in [3.05, 3.63) is 77.4 Å². The van der Waals surface area contributed by atoms with Gasteiger partial charge in [0.15, 0.2) is 6.10 Å². The first-order chi connectivity index (χ1) is 11.3. The average Bonchev–Trinajstić information content (AvgIpc) is 2.61. The number of fused-ring (bicyclic) bond motifs is 1. The second-order valence-electron chi connectivity index (χ2n) is 5.22. The second kappa shape index (κ2) is 7.51. The van der Waals surface area contributed by atoms with Crippen LogP contribution in [0.5, 0.6) is 0 Å². The minimum Gasteiger partial charge on any atom is -0.363 e. The molecule has 3 rings (SSSR count). The van der Waals surface area contributed by atoms with Gasteiger partial charge in [-0.15, -0.1) is 0 Å². The molecule has 1 amide bonds. The first kappa shape index (κ1) is 15.2. The van der Waals surface area contributed by atoms with Crippen LogP contribution in [0, 0.1) is 0 Å². The number of carbonyl (C=O) groups is 1. The molecular formula is C19H18N2O2. The molecule has 23 heavy (non-hydrogen) atoms. The Hall–Kier alpha value is -2.72. The normalized spacial score (nSPS) is 17.3. The predicted molar refractivity (Wildman–Crippen MR) is 90.9 cm³/mol. The van der Waals surface area contributed by atoms with Gasteiger partial charge in [-0.25, -0.2) is 5.43 Å². The van der Waals surface area contributed by atoms with Crippen molar-refractivity contribution in [2.45, 2.75) is 12.5 Å². The Kier molecular flexibility index (Phi) is 4.96. The highest BCUT2D eigenvalue weighted by atomic mass is 16.5. The molecule has 0 aliphatic carbocycles. The zero-order chi connectivity index (χ0) is 15.9. The topological polar surface area (TPSA) is 50.7 Å². The molecule has 116 valence electrons. The van der Waals surface area contributed by atoms with Crippen molar-refractivity contribution < 1.29 is 9.53 Å². The Balaban J connectivity index is 1.58. The molecule has 1 unspecified atom stereocenters. The lowest BCUT2D eigenvalue weighted by Crippen LogP contribution is -2.31. The fourth-order valence-corrected chi connectivity index (χ4v) is 2.53. The van der Waals surface area contributed by atoms with E-state index in [1.807, 2.05) is 60.7 Å². The van der Waals surface area contributed by atoms with Gasteiger partial charge < -0.3 is 4.74 Å². The number of carbonyl (C=O) groups excluding carboxylic acids is 1. The highest BCUT2D eigenvalue weighted by Crippen LogP contribution is 2.26. The van der Waals surface area contributed by atoms with Crippen LogP contribution < -0.4 is 5.43 Å². The first-order valence-corrected chi connectivity index (χ1v) is 7.58. The maximum absolute atomic E-state index is 12.2. The number of allylic oxidation sites excluding steroid dienone is 1. The van der Waals surface area contributed by atoms with Gasteiger partial charge in [-0.05, 0) is 29.2 Å². The van der Waals surface area contributed by atoms with E-state index < -0.39 is 6.10 Å². The molecule has 2 aromatic carbocycles. The van der Waals surface area contributed by atoms with Crippen molar-refractivity contribution in [3.63, 3.8) is 0 Å². The summed E-state index contributed by atoms with van der Waals surface area (Å²) in [6.45, 7) is 0.548. The number of hydrogen-bond donors (Lipinski definition) is 1. The summed E-state index contributed by atoms with van der Waals surface area (Å²) in [5.74, 6) is -0.249. The van der Waals surface area contributed by atoms with Crippen LogP contribution in [0.4, 0.5) is 0 Å². The van der Waals surface area contributed by atoms with Gasteiger partial charge in [-0.2, -0.15) is 5.10 Å². The van der Waals surface area contributed by atoms with E-state index in [2.05, 4.69) is 10.5 Å². The summed E-state index contributed by atoms with van der Waals surface area (Å²) in [6, 6.07) is 17.7. The maximum Gasteiger partial charge on any atom is 0.273 e. The van der Waals surface area contributed by atoms with Gasteiger partial charge in [-0.1, -0.05) is 60.7 Å². The highest BCUT2D eigenvalue weighted by molar-refractivity contribution is 5.85. The van der Waals surface area contributed by atoms with Gasteiger partial charge in [-0.3, -0.25) is 4.79 Å². The molecule has 4 nitrogen and oxygen atoms in total. The Labute approximate surface area is 135 Å². The van der Waals surface area contributed by atoms with Crippen molar-refractivity contribution in [1.82, 2.24) is 5.43 Å². The molecule has 1 N–H and O–H groups in total. The third-order valence-corrected chi connectivity index (χ3v) is 3.66. The lowest BCUT2D eigenvalue weighted by atomic mass is 9.97. The molecule has 0 radical (unpaired) electrons. The minimum absolute atomic E-state index is 0.249. The van der Waals surface area contributed by atoms with E-state index in [4.69, 9.17) is 4.74 Å². The van der Waals surface area contributed by atoms with Gasteiger partial charge in [0.2, 0.25) is 0 Å². The number of hydrazone groups is 1. The standard InChI is InChI=1S/C19H18N2O2/c22-19(18-17-11-5-4-10-16(17)12-14-23-18)21-20-13-6-9-15-7-2-1-3-8-15/h1-11,13,18H,12,14H2,(H,21,22). The molecule has 1 atom stereocenters. The average molecular weight is 306 g/mol. The maximum atomic E-state index is 12.2. The Morgan fingerprint density at radius 3 is 2.78 bits per heavy atom. The third kappa shape index (κ3) is 3.93. The van der Waals surface area contributed by atoms with Crippen LogP contribution in [0.25, 0.3) is 6.08 Å². The molecule has 0 bridgehead atoms. The van der Waals surface area contributed by atoms with E-state index in [9.17, 15) is 4.79 Å². The van der Waals surface area contributed by atoms with Gasteiger partial charge in [0.05, 0.1) is 6.61 Å². The van der Waals surface area contributed by atoms with E-state index in [1.54, 1.807) is 12.3 Å². The Morgan fingerprint density at radius 1 is 1.13 bits per heavy atom. The van der Waals surface area contributed by atoms with Crippen molar-refractivity contribution in [2.75, 3.05) is 6.61 Å². The summed E-state index contributed by atoms with van der Waals surface area (Å²) >= 11 is 0. The largest absolute Gasteiger partial charge is 0.363 e. The van der Waals surface area contributed by atoms with Crippen LogP contribution in [0.3, 0.4) is 0 Å². The van der Waals surface area contributed by atoms with Crippen LogP contribution >= 0.6 is 0 Å². The van der Waals surface area contributed by atoms with Crippen molar-refractivity contribution in [3.8, 4) is 0 Å². The van der Waals surface area contributed by atoms with Gasteiger partial charge in [0.25, 0.3) is 5.91 Å². The fraction of sp³-hybridized carbons (Fsp3) is 0.158. The van der Waals surface area contributed by atoms with Gasteiger partial charge >= 0.3 is 0 Å². The molecule has 0 fully saturated rings. The summed E-state index contributed by atoms with van der Waals surface area (Å²) in [5.41, 5.74) is 5.69. The zero-order valence-electron chi connectivity index (χ0n) is 12.7. The summed E-state index contributed by atoms with van der Waals surface area (Å²) < 4.78 is 5.59. The van der Waals surface area contributed by atoms with Crippen LogP contribution in [-0.4, -0.2) is 18.7 Å². The summed E-state index contributed by atoms with van der Waals surface area (Å²) in [7, 11) is 0. The van der Waals surface area contributed by atoms with Gasteiger partial charge in [0, 0.05) is 6.21 Å². The second-order valence-corrected chi connectivity index (χ2v) is 5.22. The first-order valence-electron chi connectivity index (χ1n) is 7.58. The van der Waals surface area contributed by atoms with E-state index >= 15 is 0 Å². The van der Waals surface area contributed by atoms with Crippen molar-refractivity contribution in [1.29, 1.82) is 0 Å². The number of benzene rings is 2. The summed E-state index contributed by atoms with van der Waals surface area (Å²) in [5, 5.41) is 3.94. The van der Waals surface area contributed by atoms with E-state index in [1.165, 1.54) is 0 Å². The number of ether oxygens (including phenoxy) is 1. The molecule has 0 saturated heterocycles. The zero-order valence-corrected chi connectivity index (χ0v) is 12.7. The summed E-state index contributed by atoms with van der Waals surface area (Å²) in [6.07, 6.45) is 5.51. The molecule has 0 spiro atoms. The number of amides is 1. The SMILES string of the molecule is O=C(NN=CC=Cc1ccccc1)C1OCCc2ccccc21. The quantitative estimate of drug-likeness (QED) is 0.697. The smallest absolute Gasteiger partial charge is 0.273 e. The van der Waals surface area contributed by atoms with Crippen molar-refractivity contribution in [2.24, 2.45) is 5.10 Å². The summed E-state index contributed by atoms with van der Waals surface area (Å²) in [4.78, 5) is 12.2. The number of hydrogen-bond acceptors (Lipinski definition) is 3. The van der Waals surface area contributed by atoms with Crippen LogP contribution in [0.2, 0.25) is 0 Å². The number of nitrogens with one attached hydrogen (secondary N) is 1. The van der Waals surface area contributed by atoms with E-state index in [-0.39, 0.29) is 5.91 Å². The molecule has 1 heterocycles. The molecule has 1 aliphatic heterocycles. The Bertz CT molecular complexity index is 723. The predicted octanol–water partition coefficient (Wildman–Crippen LogP) is 3.12. The fourth-order valence-electron chi connectivity index (χ4n) is 2.53. The van der Waals surface area contributed by atoms with Crippen LogP contribution in [-0.2, 0) is 16.0 Å². The van der Waals surface area contributed by atoms with Crippen LogP contribution in [0.15, 0.2) is 65.8 Å². The lowest BCUT2D eigenvalue weighted by Gasteiger charge is -2.24. The molecule has 4 heteroatoms. The Morgan fingerprint density at radius 2 is 1.91 bits per heavy atom. The molecule has 1 aliphatic rings. The van der Waals surface area contributed by atoms with E-state index in [0.29, 0.717) is 6.61 Å². The molecule has 0 aromatic heterocycles. The van der Waals surface area contributed by atoms with E-state index in [0.717, 1.165) is 23.1 Å². The van der Waals surface area contributed by atoms with Crippen LogP contribution in [0.1, 0.15) is 22.8 Å². The number of rotatable bonds is 4. The molecular weight excluding hydrogens is 288 g/mol. The van der Waals surface area contributed by atoms with Gasteiger partial charge in [0.1, 0.15) is 0 Å². The monoisotopic (exact) mass is 306 g/mol. The van der Waals surface area contributed by atoms with Crippen molar-refractivity contribution >= 4 is 18.2 Å². The lowest BCUT2D eigenvalue weighted by molar-refractivity contribution is -0.134. The number of nitrogens with zero attached hydrogens (tertiary/aromatic N) is 1. The third-order valence-electron chi connectivity index (χ3n) is 3.66. The minimum atomic E-state index is -0.588. The molecule has 0 saturated carbocycles.